The van der Waals surface area contributed by atoms with Gasteiger partial charge in [-0.25, -0.2) is 0 Å². The molecule has 1 N–H and O–H groups in total. The molecule has 0 amide bonds. The Morgan fingerprint density at radius 3 is 2.56 bits per heavy atom. The second-order valence-corrected chi connectivity index (χ2v) is 4.90. The number of ether oxygens (including phenoxy) is 1. The van der Waals surface area contributed by atoms with Crippen molar-refractivity contribution in [3.8, 4) is 0 Å². The van der Waals surface area contributed by atoms with Crippen molar-refractivity contribution in [3.05, 3.63) is 35.9 Å². The van der Waals surface area contributed by atoms with Gasteiger partial charge in [0, 0.05) is 5.56 Å². The van der Waals surface area contributed by atoms with E-state index in [0.29, 0.717) is 5.92 Å². The number of halogens is 2. The summed E-state index contributed by atoms with van der Waals surface area (Å²) in [5.41, 5.74) is 0.0242. The standard InChI is InChI=1S/C14H19F2NO/c1-17-9-11-7-13(8-11)18-10-14(15,16)12-5-3-2-4-6-12/h2-6,11,13,17H,7-10H2,1H3. The van der Waals surface area contributed by atoms with Gasteiger partial charge >= 0.3 is 0 Å². The molecule has 4 heteroatoms. The van der Waals surface area contributed by atoms with Gasteiger partial charge in [0.2, 0.25) is 0 Å². The van der Waals surface area contributed by atoms with E-state index in [1.165, 1.54) is 12.1 Å². The Morgan fingerprint density at radius 1 is 1.28 bits per heavy atom. The summed E-state index contributed by atoms with van der Waals surface area (Å²) in [6.07, 6.45) is 1.76. The maximum absolute atomic E-state index is 13.8. The molecular formula is C14H19F2NO. The SMILES string of the molecule is CNCC1CC(OCC(F)(F)c2ccccc2)C1. The summed E-state index contributed by atoms with van der Waals surface area (Å²) in [6.45, 7) is 0.420. The van der Waals surface area contributed by atoms with Crippen molar-refractivity contribution in [1.82, 2.24) is 5.32 Å². The summed E-state index contributed by atoms with van der Waals surface area (Å²) in [6, 6.07) is 7.85. The van der Waals surface area contributed by atoms with Crippen LogP contribution in [0.5, 0.6) is 0 Å². The summed E-state index contributed by atoms with van der Waals surface area (Å²) in [7, 11) is 1.90. The molecule has 1 aromatic rings. The van der Waals surface area contributed by atoms with E-state index in [0.717, 1.165) is 19.4 Å². The number of rotatable bonds is 6. The topological polar surface area (TPSA) is 21.3 Å². The van der Waals surface area contributed by atoms with E-state index in [9.17, 15) is 8.78 Å². The molecule has 18 heavy (non-hydrogen) atoms. The molecule has 1 fully saturated rings. The highest BCUT2D eigenvalue weighted by atomic mass is 19.3. The van der Waals surface area contributed by atoms with Gasteiger partial charge < -0.3 is 10.1 Å². The van der Waals surface area contributed by atoms with Crippen LogP contribution in [0.3, 0.4) is 0 Å². The molecule has 0 saturated heterocycles. The van der Waals surface area contributed by atoms with Gasteiger partial charge in [-0.05, 0) is 32.4 Å². The van der Waals surface area contributed by atoms with E-state index in [4.69, 9.17) is 4.74 Å². The van der Waals surface area contributed by atoms with Crippen molar-refractivity contribution < 1.29 is 13.5 Å². The van der Waals surface area contributed by atoms with E-state index in [2.05, 4.69) is 5.32 Å². The average molecular weight is 255 g/mol. The molecule has 1 aliphatic rings. The third kappa shape index (κ3) is 3.27. The van der Waals surface area contributed by atoms with Crippen LogP contribution >= 0.6 is 0 Å². The number of benzene rings is 1. The highest BCUT2D eigenvalue weighted by Crippen LogP contribution is 2.33. The summed E-state index contributed by atoms with van der Waals surface area (Å²) in [5, 5.41) is 3.08. The third-order valence-corrected chi connectivity index (χ3v) is 3.38. The second-order valence-electron chi connectivity index (χ2n) is 4.90. The largest absolute Gasteiger partial charge is 0.372 e. The molecule has 1 aromatic carbocycles. The zero-order valence-electron chi connectivity index (χ0n) is 10.5. The van der Waals surface area contributed by atoms with Crippen molar-refractivity contribution >= 4 is 0 Å². The molecule has 0 aromatic heterocycles. The van der Waals surface area contributed by atoms with Crippen LogP contribution in [0.2, 0.25) is 0 Å². The van der Waals surface area contributed by atoms with Crippen LogP contribution < -0.4 is 5.32 Å². The minimum Gasteiger partial charge on any atom is -0.372 e. The van der Waals surface area contributed by atoms with Crippen molar-refractivity contribution in [1.29, 1.82) is 0 Å². The fourth-order valence-electron chi connectivity index (χ4n) is 2.25. The highest BCUT2D eigenvalue weighted by Gasteiger charge is 2.36. The van der Waals surface area contributed by atoms with E-state index < -0.39 is 12.5 Å². The molecule has 2 nitrogen and oxygen atoms in total. The van der Waals surface area contributed by atoms with Crippen molar-refractivity contribution in [2.75, 3.05) is 20.2 Å². The minimum absolute atomic E-state index is 0.00191. The Morgan fingerprint density at radius 2 is 1.94 bits per heavy atom. The van der Waals surface area contributed by atoms with Gasteiger partial charge in [0.25, 0.3) is 5.92 Å². The zero-order valence-corrected chi connectivity index (χ0v) is 10.5. The Kier molecular flexibility index (Phi) is 4.30. The first-order valence-electron chi connectivity index (χ1n) is 6.31. The number of hydrogen-bond acceptors (Lipinski definition) is 2. The van der Waals surface area contributed by atoms with Crippen molar-refractivity contribution in [2.24, 2.45) is 5.92 Å². The number of hydrogen-bond donors (Lipinski definition) is 1. The third-order valence-electron chi connectivity index (χ3n) is 3.38. The second kappa shape index (κ2) is 5.76. The average Bonchev–Trinajstić information content (AvgIpc) is 2.33. The van der Waals surface area contributed by atoms with Crippen LogP contribution in [0.4, 0.5) is 8.78 Å². The highest BCUT2D eigenvalue weighted by molar-refractivity contribution is 5.19. The Balaban J connectivity index is 1.77. The van der Waals surface area contributed by atoms with E-state index in [-0.39, 0.29) is 11.7 Å². The van der Waals surface area contributed by atoms with E-state index in [1.807, 2.05) is 7.05 Å². The van der Waals surface area contributed by atoms with Gasteiger partial charge in [-0.2, -0.15) is 8.78 Å². The van der Waals surface area contributed by atoms with E-state index >= 15 is 0 Å². The van der Waals surface area contributed by atoms with E-state index in [1.54, 1.807) is 18.2 Å². The first-order valence-corrected chi connectivity index (χ1v) is 6.31. The lowest BCUT2D eigenvalue weighted by molar-refractivity contribution is -0.130. The lowest BCUT2D eigenvalue weighted by Gasteiger charge is -2.35. The normalized spacial score (nSPS) is 23.7. The molecule has 0 heterocycles. The Labute approximate surface area is 106 Å². The number of alkyl halides is 2. The summed E-state index contributed by atoms with van der Waals surface area (Å²) in [4.78, 5) is 0. The molecule has 0 unspecified atom stereocenters. The molecule has 0 spiro atoms. The quantitative estimate of drug-likeness (QED) is 0.844. The molecule has 100 valence electrons. The van der Waals surface area contributed by atoms with Crippen LogP contribution in [0.15, 0.2) is 30.3 Å². The van der Waals surface area contributed by atoms with Crippen molar-refractivity contribution in [3.63, 3.8) is 0 Å². The fourth-order valence-corrected chi connectivity index (χ4v) is 2.25. The Hall–Kier alpha value is -1.00. The molecule has 0 radical (unpaired) electrons. The molecule has 1 saturated carbocycles. The minimum atomic E-state index is -2.89. The molecule has 0 bridgehead atoms. The van der Waals surface area contributed by atoms with Crippen molar-refractivity contribution in [2.45, 2.75) is 24.9 Å². The zero-order chi connectivity index (χ0) is 13.0. The first-order chi connectivity index (χ1) is 8.62. The van der Waals surface area contributed by atoms with Gasteiger partial charge in [-0.1, -0.05) is 30.3 Å². The first kappa shape index (κ1) is 13.4. The maximum atomic E-state index is 13.8. The molecule has 1 aliphatic carbocycles. The van der Waals surface area contributed by atoms with Crippen LogP contribution in [0.1, 0.15) is 18.4 Å². The van der Waals surface area contributed by atoms with Gasteiger partial charge in [-0.3, -0.25) is 0 Å². The molecule has 2 rings (SSSR count). The molecule has 0 atom stereocenters. The predicted octanol–water partition coefficient (Wildman–Crippen LogP) is 2.79. The lowest BCUT2D eigenvalue weighted by atomic mass is 9.82. The smallest absolute Gasteiger partial charge is 0.296 e. The Bertz CT molecular complexity index is 363. The van der Waals surface area contributed by atoms with Crippen LogP contribution in [-0.4, -0.2) is 26.3 Å². The summed E-state index contributed by atoms with van der Waals surface area (Å²) >= 11 is 0. The maximum Gasteiger partial charge on any atom is 0.296 e. The summed E-state index contributed by atoms with van der Waals surface area (Å²) in [5.74, 6) is -2.32. The lowest BCUT2D eigenvalue weighted by Crippen LogP contribution is -2.38. The predicted molar refractivity (Wildman–Crippen MR) is 66.7 cm³/mol. The number of nitrogens with one attached hydrogen (secondary N) is 1. The fraction of sp³-hybridized carbons (Fsp3) is 0.571. The monoisotopic (exact) mass is 255 g/mol. The van der Waals surface area contributed by atoms with Crippen LogP contribution in [0.25, 0.3) is 0 Å². The van der Waals surface area contributed by atoms with Gasteiger partial charge in [0.1, 0.15) is 6.61 Å². The van der Waals surface area contributed by atoms with Crippen LogP contribution in [-0.2, 0) is 10.7 Å². The van der Waals surface area contributed by atoms with Gasteiger partial charge in [-0.15, -0.1) is 0 Å². The summed E-state index contributed by atoms with van der Waals surface area (Å²) < 4.78 is 32.9. The van der Waals surface area contributed by atoms with Crippen LogP contribution in [0, 0.1) is 5.92 Å². The van der Waals surface area contributed by atoms with Gasteiger partial charge in [0.15, 0.2) is 0 Å². The molecule has 0 aliphatic heterocycles. The van der Waals surface area contributed by atoms with Gasteiger partial charge in [0.05, 0.1) is 6.10 Å². The molecular weight excluding hydrogens is 236 g/mol.